The number of anilines is 1. The van der Waals surface area contributed by atoms with Crippen LogP contribution in [-0.2, 0) is 29.8 Å². The first-order valence-corrected chi connectivity index (χ1v) is 12.9. The largest absolute Gasteiger partial charge is 0.483 e. The van der Waals surface area contributed by atoms with Gasteiger partial charge in [0.2, 0.25) is 10.0 Å². The van der Waals surface area contributed by atoms with Crippen molar-refractivity contribution in [1.82, 2.24) is 4.31 Å². The zero-order valence-electron chi connectivity index (χ0n) is 20.1. The maximum absolute atomic E-state index is 12.7. The number of amides is 1. The Bertz CT molecular complexity index is 1140. The van der Waals surface area contributed by atoms with Crippen molar-refractivity contribution in [2.45, 2.75) is 50.8 Å². The lowest BCUT2D eigenvalue weighted by atomic mass is 9.96. The van der Waals surface area contributed by atoms with Gasteiger partial charge in [0, 0.05) is 18.8 Å². The number of carbonyl (C=O) groups is 2. The van der Waals surface area contributed by atoms with Gasteiger partial charge in [0.25, 0.3) is 5.91 Å². The highest BCUT2D eigenvalue weighted by atomic mass is 32.2. The van der Waals surface area contributed by atoms with Gasteiger partial charge in [-0.15, -0.1) is 0 Å². The first-order valence-electron chi connectivity index (χ1n) is 11.5. The Morgan fingerprint density at radius 1 is 1.03 bits per heavy atom. The molecule has 0 heterocycles. The molecular formula is C25H32N2O6S. The monoisotopic (exact) mass is 488 g/mol. The van der Waals surface area contributed by atoms with Crippen molar-refractivity contribution in [3.8, 4) is 5.75 Å². The highest BCUT2D eigenvalue weighted by Gasteiger charge is 2.52. The number of benzene rings is 2. The molecule has 0 aromatic heterocycles. The number of rotatable bonds is 11. The fraction of sp³-hybridized carbons (Fsp3) is 0.440. The molecular weight excluding hydrogens is 456 g/mol. The summed E-state index contributed by atoms with van der Waals surface area (Å²) in [5.74, 6) is -0.112. The molecule has 1 saturated carbocycles. The van der Waals surface area contributed by atoms with E-state index in [1.54, 1.807) is 52.0 Å². The first-order chi connectivity index (χ1) is 16.2. The minimum Gasteiger partial charge on any atom is -0.483 e. The Labute approximate surface area is 201 Å². The van der Waals surface area contributed by atoms with E-state index in [2.05, 4.69) is 5.32 Å². The molecule has 1 aliphatic rings. The quantitative estimate of drug-likeness (QED) is 0.485. The summed E-state index contributed by atoms with van der Waals surface area (Å²) in [6.45, 7) is 8.02. The van der Waals surface area contributed by atoms with E-state index in [1.165, 1.54) is 10.4 Å². The topological polar surface area (TPSA) is 102 Å². The summed E-state index contributed by atoms with van der Waals surface area (Å²) in [5.41, 5.74) is 1.55. The van der Waals surface area contributed by atoms with Gasteiger partial charge in [-0.25, -0.2) is 8.42 Å². The van der Waals surface area contributed by atoms with E-state index >= 15 is 0 Å². The SMILES string of the molecule is CCOC(=O)C1(c2ccc(NC(=O)COc3ccc(S(=O)(=O)N(CC)CC)cc3C)cc2)CC1. The van der Waals surface area contributed by atoms with Crippen molar-refractivity contribution in [2.24, 2.45) is 0 Å². The van der Waals surface area contributed by atoms with Gasteiger partial charge in [-0.3, -0.25) is 9.59 Å². The first kappa shape index (κ1) is 25.7. The molecule has 34 heavy (non-hydrogen) atoms. The number of carbonyl (C=O) groups excluding carboxylic acids is 2. The highest BCUT2D eigenvalue weighted by Crippen LogP contribution is 2.49. The van der Waals surface area contributed by atoms with E-state index in [0.29, 0.717) is 36.7 Å². The molecule has 0 radical (unpaired) electrons. The van der Waals surface area contributed by atoms with Crippen molar-refractivity contribution in [2.75, 3.05) is 31.6 Å². The van der Waals surface area contributed by atoms with Crippen LogP contribution in [0, 0.1) is 6.92 Å². The number of ether oxygens (including phenoxy) is 2. The smallest absolute Gasteiger partial charge is 0.316 e. The van der Waals surface area contributed by atoms with Crippen LogP contribution in [0.4, 0.5) is 5.69 Å². The number of nitrogens with one attached hydrogen (secondary N) is 1. The fourth-order valence-electron chi connectivity index (χ4n) is 3.87. The van der Waals surface area contributed by atoms with Crippen LogP contribution in [0.25, 0.3) is 0 Å². The molecule has 0 saturated heterocycles. The lowest BCUT2D eigenvalue weighted by molar-refractivity contribution is -0.146. The minimum absolute atomic E-state index is 0.196. The number of hydrogen-bond donors (Lipinski definition) is 1. The zero-order valence-corrected chi connectivity index (χ0v) is 20.9. The van der Waals surface area contributed by atoms with Gasteiger partial charge in [0.15, 0.2) is 6.61 Å². The number of hydrogen-bond acceptors (Lipinski definition) is 6. The van der Waals surface area contributed by atoms with Gasteiger partial charge in [0.05, 0.1) is 16.9 Å². The highest BCUT2D eigenvalue weighted by molar-refractivity contribution is 7.89. The molecule has 0 atom stereocenters. The van der Waals surface area contributed by atoms with Gasteiger partial charge in [-0.1, -0.05) is 26.0 Å². The number of aryl methyl sites for hydroxylation is 1. The molecule has 0 spiro atoms. The summed E-state index contributed by atoms with van der Waals surface area (Å²) in [6, 6.07) is 11.8. The zero-order chi connectivity index (χ0) is 24.9. The molecule has 2 aromatic rings. The molecule has 1 aliphatic carbocycles. The predicted molar refractivity (Wildman–Crippen MR) is 129 cm³/mol. The summed E-state index contributed by atoms with van der Waals surface area (Å²) in [6.07, 6.45) is 1.53. The van der Waals surface area contributed by atoms with Gasteiger partial charge in [-0.2, -0.15) is 4.31 Å². The molecule has 1 fully saturated rings. The second kappa shape index (κ2) is 10.6. The molecule has 184 valence electrons. The summed E-state index contributed by atoms with van der Waals surface area (Å²) in [5, 5.41) is 2.77. The third-order valence-electron chi connectivity index (χ3n) is 5.99. The molecule has 1 N–H and O–H groups in total. The average molecular weight is 489 g/mol. The average Bonchev–Trinajstić information content (AvgIpc) is 3.62. The van der Waals surface area contributed by atoms with E-state index in [4.69, 9.17) is 9.47 Å². The lowest BCUT2D eigenvalue weighted by Gasteiger charge is -2.19. The Morgan fingerprint density at radius 2 is 1.68 bits per heavy atom. The molecule has 0 bridgehead atoms. The van der Waals surface area contributed by atoms with Crippen LogP contribution in [0.15, 0.2) is 47.4 Å². The lowest BCUT2D eigenvalue weighted by Crippen LogP contribution is -2.30. The molecule has 0 unspecified atom stereocenters. The molecule has 0 aliphatic heterocycles. The van der Waals surface area contributed by atoms with E-state index in [0.717, 1.165) is 18.4 Å². The molecule has 9 heteroatoms. The van der Waals surface area contributed by atoms with Gasteiger partial charge in [0.1, 0.15) is 5.75 Å². The van der Waals surface area contributed by atoms with Gasteiger partial charge < -0.3 is 14.8 Å². The van der Waals surface area contributed by atoms with Crippen LogP contribution in [0.3, 0.4) is 0 Å². The van der Waals surface area contributed by atoms with Crippen LogP contribution in [-0.4, -0.2) is 50.9 Å². The molecule has 3 rings (SSSR count). The second-order valence-electron chi connectivity index (χ2n) is 8.23. The van der Waals surface area contributed by atoms with Crippen LogP contribution < -0.4 is 10.1 Å². The Morgan fingerprint density at radius 3 is 2.21 bits per heavy atom. The summed E-state index contributed by atoms with van der Waals surface area (Å²) < 4.78 is 37.6. The summed E-state index contributed by atoms with van der Waals surface area (Å²) >= 11 is 0. The molecule has 2 aromatic carbocycles. The van der Waals surface area contributed by atoms with E-state index < -0.39 is 15.4 Å². The third-order valence-corrected chi connectivity index (χ3v) is 8.03. The van der Waals surface area contributed by atoms with Crippen LogP contribution in [0.5, 0.6) is 5.75 Å². The van der Waals surface area contributed by atoms with Crippen molar-refractivity contribution >= 4 is 27.6 Å². The summed E-state index contributed by atoms with van der Waals surface area (Å²) in [4.78, 5) is 24.8. The standard InChI is InChI=1S/C25H32N2O6S/c1-5-27(6-2)34(30,31)21-12-13-22(18(4)16-21)33-17-23(28)26-20-10-8-19(9-11-20)25(14-15-25)24(29)32-7-3/h8-13,16H,5-7,14-15,17H2,1-4H3,(H,26,28). The van der Waals surface area contributed by atoms with E-state index in [-0.39, 0.29) is 23.4 Å². The van der Waals surface area contributed by atoms with Crippen LogP contribution >= 0.6 is 0 Å². The Balaban J connectivity index is 1.59. The Kier molecular flexibility index (Phi) is 7.99. The van der Waals surface area contributed by atoms with Crippen molar-refractivity contribution in [1.29, 1.82) is 0 Å². The normalized spacial score (nSPS) is 14.5. The Hall–Kier alpha value is -2.91. The van der Waals surface area contributed by atoms with Gasteiger partial charge >= 0.3 is 5.97 Å². The summed E-state index contributed by atoms with van der Waals surface area (Å²) in [7, 11) is -3.56. The maximum atomic E-state index is 12.7. The predicted octanol–water partition coefficient (Wildman–Crippen LogP) is 3.64. The van der Waals surface area contributed by atoms with Crippen LogP contribution in [0.1, 0.15) is 44.7 Å². The maximum Gasteiger partial charge on any atom is 0.316 e. The van der Waals surface area contributed by atoms with E-state index in [1.807, 2.05) is 12.1 Å². The number of nitrogens with zero attached hydrogens (tertiary/aromatic N) is 1. The second-order valence-corrected chi connectivity index (χ2v) is 10.2. The minimum atomic E-state index is -3.56. The van der Waals surface area contributed by atoms with E-state index in [9.17, 15) is 18.0 Å². The molecule has 1 amide bonds. The van der Waals surface area contributed by atoms with Crippen molar-refractivity contribution in [3.05, 3.63) is 53.6 Å². The molecule has 8 nitrogen and oxygen atoms in total. The van der Waals surface area contributed by atoms with Gasteiger partial charge in [-0.05, 0) is 68.1 Å². The van der Waals surface area contributed by atoms with Crippen molar-refractivity contribution in [3.63, 3.8) is 0 Å². The number of esters is 1. The van der Waals surface area contributed by atoms with Crippen molar-refractivity contribution < 1.29 is 27.5 Å². The van der Waals surface area contributed by atoms with Crippen LogP contribution in [0.2, 0.25) is 0 Å². The fourth-order valence-corrected chi connectivity index (χ4v) is 5.42. The number of sulfonamides is 1. The third kappa shape index (κ3) is 5.42.